The third kappa shape index (κ3) is 5.85. The van der Waals surface area contributed by atoms with Crippen molar-refractivity contribution in [3.05, 3.63) is 118 Å². The summed E-state index contributed by atoms with van der Waals surface area (Å²) in [6.45, 7) is 13.1. The first kappa shape index (κ1) is 29.9. The van der Waals surface area contributed by atoms with E-state index in [9.17, 15) is 9.59 Å². The van der Waals surface area contributed by atoms with Gasteiger partial charge in [0.2, 0.25) is 0 Å². The lowest BCUT2D eigenvalue weighted by molar-refractivity contribution is -0.140. The average molecular weight is 552 g/mol. The van der Waals surface area contributed by atoms with Crippen LogP contribution in [0.2, 0.25) is 0 Å². The van der Waals surface area contributed by atoms with Crippen LogP contribution in [0.3, 0.4) is 0 Å². The molecule has 0 unspecified atom stereocenters. The van der Waals surface area contributed by atoms with Gasteiger partial charge < -0.3 is 14.4 Å². The van der Waals surface area contributed by atoms with Gasteiger partial charge in [0.15, 0.2) is 0 Å². The highest BCUT2D eigenvalue weighted by Crippen LogP contribution is 2.49. The van der Waals surface area contributed by atoms with Gasteiger partial charge in [0, 0.05) is 22.2 Å². The summed E-state index contributed by atoms with van der Waals surface area (Å²) in [6.07, 6.45) is 14.4. The quantitative estimate of drug-likeness (QED) is 0.252. The Morgan fingerprint density at radius 2 is 1.39 bits per heavy atom. The molecule has 0 spiro atoms. The van der Waals surface area contributed by atoms with E-state index in [1.54, 1.807) is 0 Å². The van der Waals surface area contributed by atoms with Gasteiger partial charge >= 0.3 is 11.9 Å². The number of rotatable bonds is 8. The van der Waals surface area contributed by atoms with E-state index in [0.717, 1.165) is 28.1 Å². The van der Waals surface area contributed by atoms with Crippen LogP contribution >= 0.6 is 0 Å². The van der Waals surface area contributed by atoms with Crippen molar-refractivity contribution in [3.63, 3.8) is 0 Å². The molecule has 0 saturated carbocycles. The molecule has 0 saturated heterocycles. The Hall–Kier alpha value is -4.12. The molecule has 1 aliphatic carbocycles. The Balaban J connectivity index is 1.57. The lowest BCUT2D eigenvalue weighted by atomic mass is 9.80. The standard InChI is InChI=1S/C36H41NO4/c1-24-16-18-26-27(22-33(38)40-7)28(35(3,4)29(26)20-24)14-12-10-9-11-13-15-32-36(5,6)30-21-25(2)17-19-31(30)37(32)23-34(39)41-8/h9-21H,22-23H2,1-8H3/b10-9+,13-11+,14-12+,32-15+. The van der Waals surface area contributed by atoms with E-state index < -0.39 is 0 Å². The van der Waals surface area contributed by atoms with Crippen molar-refractivity contribution in [3.8, 4) is 0 Å². The number of hydrogen-bond donors (Lipinski definition) is 0. The highest BCUT2D eigenvalue weighted by atomic mass is 16.5. The van der Waals surface area contributed by atoms with Crippen molar-refractivity contribution in [1.29, 1.82) is 0 Å². The van der Waals surface area contributed by atoms with Gasteiger partial charge in [-0.25, -0.2) is 0 Å². The molecule has 2 aliphatic rings. The van der Waals surface area contributed by atoms with Crippen LogP contribution in [0, 0.1) is 13.8 Å². The molecule has 1 heterocycles. The molecule has 2 aromatic rings. The second-order valence-electron chi connectivity index (χ2n) is 11.8. The number of fused-ring (bicyclic) bond motifs is 2. The summed E-state index contributed by atoms with van der Waals surface area (Å²) in [5.41, 5.74) is 9.69. The van der Waals surface area contributed by atoms with Gasteiger partial charge in [-0.3, -0.25) is 9.59 Å². The minimum Gasteiger partial charge on any atom is -0.469 e. The van der Waals surface area contributed by atoms with Crippen molar-refractivity contribution in [2.24, 2.45) is 0 Å². The first-order valence-electron chi connectivity index (χ1n) is 14.0. The van der Waals surface area contributed by atoms with Crippen molar-refractivity contribution in [2.75, 3.05) is 25.7 Å². The Morgan fingerprint density at radius 1 is 0.780 bits per heavy atom. The van der Waals surface area contributed by atoms with E-state index >= 15 is 0 Å². The van der Waals surface area contributed by atoms with Crippen LogP contribution in [0.25, 0.3) is 5.57 Å². The molecule has 41 heavy (non-hydrogen) atoms. The second kappa shape index (κ2) is 11.8. The van der Waals surface area contributed by atoms with E-state index in [2.05, 4.69) is 90.1 Å². The van der Waals surface area contributed by atoms with Crippen molar-refractivity contribution >= 4 is 23.2 Å². The fourth-order valence-corrected chi connectivity index (χ4v) is 5.97. The number of allylic oxidation sites excluding steroid dienone is 9. The Labute approximate surface area is 244 Å². The van der Waals surface area contributed by atoms with Crippen molar-refractivity contribution < 1.29 is 19.1 Å². The predicted molar refractivity (Wildman–Crippen MR) is 167 cm³/mol. The number of methoxy groups -OCH3 is 2. The maximum absolute atomic E-state index is 12.3. The van der Waals surface area contributed by atoms with E-state index in [0.29, 0.717) is 0 Å². The summed E-state index contributed by atoms with van der Waals surface area (Å²) in [4.78, 5) is 26.5. The number of esters is 2. The minimum absolute atomic E-state index is 0.162. The van der Waals surface area contributed by atoms with E-state index in [4.69, 9.17) is 9.47 Å². The van der Waals surface area contributed by atoms with Gasteiger partial charge in [-0.2, -0.15) is 0 Å². The SMILES string of the molecule is COC(=O)CC1=C(/C=C/C=C/C=C/C=C2/N(CC(=O)OC)c3ccc(C)cc3C2(C)C)C(C)(C)c2cc(C)ccc21. The van der Waals surface area contributed by atoms with E-state index in [-0.39, 0.29) is 35.7 Å². The lowest BCUT2D eigenvalue weighted by Crippen LogP contribution is -2.31. The average Bonchev–Trinajstić information content (AvgIpc) is 3.26. The topological polar surface area (TPSA) is 55.8 Å². The molecule has 0 amide bonds. The molecule has 0 radical (unpaired) electrons. The number of ether oxygens (including phenoxy) is 2. The molecule has 214 valence electrons. The monoisotopic (exact) mass is 551 g/mol. The lowest BCUT2D eigenvalue weighted by Gasteiger charge is -2.26. The van der Waals surface area contributed by atoms with Crippen LogP contribution < -0.4 is 4.90 Å². The Kier molecular flexibility index (Phi) is 8.58. The van der Waals surface area contributed by atoms with Gasteiger partial charge in [0.05, 0.1) is 20.6 Å². The summed E-state index contributed by atoms with van der Waals surface area (Å²) < 4.78 is 9.98. The van der Waals surface area contributed by atoms with Gasteiger partial charge in [-0.1, -0.05) is 106 Å². The summed E-state index contributed by atoms with van der Waals surface area (Å²) >= 11 is 0. The molecule has 0 atom stereocenters. The molecule has 5 heteroatoms. The maximum atomic E-state index is 12.3. The van der Waals surface area contributed by atoms with Crippen LogP contribution in [-0.2, 0) is 29.9 Å². The highest BCUT2D eigenvalue weighted by molar-refractivity contribution is 5.92. The Morgan fingerprint density at radius 3 is 2.07 bits per heavy atom. The number of benzene rings is 2. The highest BCUT2D eigenvalue weighted by Gasteiger charge is 2.41. The number of aryl methyl sites for hydroxylation is 2. The zero-order valence-electron chi connectivity index (χ0n) is 25.5. The molecule has 2 aromatic carbocycles. The summed E-state index contributed by atoms with van der Waals surface area (Å²) in [6, 6.07) is 12.8. The third-order valence-electron chi connectivity index (χ3n) is 8.24. The number of anilines is 1. The number of carbonyl (C=O) groups excluding carboxylic acids is 2. The van der Waals surface area contributed by atoms with E-state index in [1.165, 1.54) is 36.5 Å². The van der Waals surface area contributed by atoms with E-state index in [1.807, 2.05) is 35.3 Å². The van der Waals surface area contributed by atoms with Crippen LogP contribution in [0.5, 0.6) is 0 Å². The third-order valence-corrected chi connectivity index (χ3v) is 8.24. The second-order valence-corrected chi connectivity index (χ2v) is 11.8. The minimum atomic E-state index is -0.276. The summed E-state index contributed by atoms with van der Waals surface area (Å²) in [5, 5.41) is 0. The van der Waals surface area contributed by atoms with Gasteiger partial charge in [0.25, 0.3) is 0 Å². The smallest absolute Gasteiger partial charge is 0.325 e. The maximum Gasteiger partial charge on any atom is 0.325 e. The zero-order chi connectivity index (χ0) is 29.9. The van der Waals surface area contributed by atoms with Gasteiger partial charge in [-0.15, -0.1) is 0 Å². The van der Waals surface area contributed by atoms with Gasteiger partial charge in [0.1, 0.15) is 6.54 Å². The number of hydrogen-bond acceptors (Lipinski definition) is 5. The molecule has 0 aromatic heterocycles. The molecule has 5 nitrogen and oxygen atoms in total. The number of carbonyl (C=O) groups is 2. The molecular weight excluding hydrogens is 510 g/mol. The van der Waals surface area contributed by atoms with Crippen LogP contribution in [0.4, 0.5) is 5.69 Å². The van der Waals surface area contributed by atoms with Crippen molar-refractivity contribution in [2.45, 2.75) is 58.8 Å². The molecule has 0 N–H and O–H groups in total. The molecule has 0 fully saturated rings. The largest absolute Gasteiger partial charge is 0.469 e. The zero-order valence-corrected chi connectivity index (χ0v) is 25.5. The molecule has 0 bridgehead atoms. The predicted octanol–water partition coefficient (Wildman–Crippen LogP) is 7.43. The normalized spacial score (nSPS) is 18.1. The summed E-state index contributed by atoms with van der Waals surface area (Å²) in [5.74, 6) is -0.516. The van der Waals surface area contributed by atoms with Gasteiger partial charge in [-0.05, 0) is 53.8 Å². The van der Waals surface area contributed by atoms with Crippen LogP contribution in [0.15, 0.2) is 90.2 Å². The Bertz CT molecular complexity index is 1510. The molecule has 1 aliphatic heterocycles. The number of nitrogens with zero attached hydrogens (tertiary/aromatic N) is 1. The summed E-state index contributed by atoms with van der Waals surface area (Å²) in [7, 11) is 2.85. The van der Waals surface area contributed by atoms with Crippen LogP contribution in [0.1, 0.15) is 61.9 Å². The molecular formula is C36H41NO4. The van der Waals surface area contributed by atoms with Crippen LogP contribution in [-0.4, -0.2) is 32.7 Å². The molecule has 4 rings (SSSR count). The fourth-order valence-electron chi connectivity index (χ4n) is 5.97. The first-order valence-corrected chi connectivity index (χ1v) is 14.0. The van der Waals surface area contributed by atoms with Crippen molar-refractivity contribution in [1.82, 2.24) is 0 Å². The first-order chi connectivity index (χ1) is 19.4. The fraction of sp³-hybridized carbons (Fsp3) is 0.333.